The first-order valence-electron chi connectivity index (χ1n) is 10.8. The highest BCUT2D eigenvalue weighted by Crippen LogP contribution is 2.44. The molecule has 3 N–H and O–H groups in total. The number of benzene rings is 1. The van der Waals surface area contributed by atoms with Gasteiger partial charge in [0.25, 0.3) is 18.8 Å². The average Bonchev–Trinajstić information content (AvgIpc) is 3.41. The first kappa shape index (κ1) is 28.3. The number of hydrogen-bond acceptors (Lipinski definition) is 5. The van der Waals surface area contributed by atoms with Crippen LogP contribution in [0, 0.1) is 0 Å². The lowest BCUT2D eigenvalue weighted by atomic mass is 10.0. The molecule has 0 aliphatic heterocycles. The Morgan fingerprint density at radius 2 is 1.74 bits per heavy atom. The maximum Gasteiger partial charge on any atom is 0.433 e. The van der Waals surface area contributed by atoms with Gasteiger partial charge < -0.3 is 11.1 Å². The van der Waals surface area contributed by atoms with Crippen molar-refractivity contribution in [3.63, 3.8) is 0 Å². The summed E-state index contributed by atoms with van der Waals surface area (Å²) >= 11 is 6.14. The third-order valence-corrected chi connectivity index (χ3v) is 7.07. The fourth-order valence-corrected chi connectivity index (χ4v) is 5.09. The number of carbonyl (C=O) groups is 2. The number of nitrogens with zero attached hydrogens (tertiary/aromatic N) is 3. The van der Waals surface area contributed by atoms with Gasteiger partial charge in [-0.1, -0.05) is 41.9 Å². The molecule has 0 spiro atoms. The Morgan fingerprint density at radius 1 is 1.10 bits per heavy atom. The van der Waals surface area contributed by atoms with E-state index in [4.69, 9.17) is 17.3 Å². The molecule has 0 aliphatic rings. The molecule has 0 saturated heterocycles. The Labute approximate surface area is 223 Å². The Bertz CT molecular complexity index is 1570. The van der Waals surface area contributed by atoms with Gasteiger partial charge in [0.05, 0.1) is 10.7 Å². The molecule has 16 heteroatoms. The number of rotatable bonds is 7. The van der Waals surface area contributed by atoms with Gasteiger partial charge in [-0.2, -0.15) is 18.3 Å². The maximum atomic E-state index is 13.6. The van der Waals surface area contributed by atoms with Gasteiger partial charge in [0.2, 0.25) is 5.91 Å². The summed E-state index contributed by atoms with van der Waals surface area (Å²) in [6.07, 6.45) is -11.6. The number of amides is 2. The second kappa shape index (κ2) is 10.4. The number of anilines is 1. The van der Waals surface area contributed by atoms with Crippen LogP contribution in [0.2, 0.25) is 5.02 Å². The standard InChI is InChI=1S/C23H15ClF7N5O2S/c1-8(36-16(19(27)28)13(24)15(35-36)18(25)26)21(38)34-14-12-10(9-5-3-2-4-6-9)7-11(23(29,30)31)33-22(12)39-17(14)20(32)37/h2-8,18-19H,1H3,(H2,32,37)(H,34,38). The zero-order valence-electron chi connectivity index (χ0n) is 19.4. The number of alkyl halides is 7. The van der Waals surface area contributed by atoms with E-state index in [0.29, 0.717) is 16.0 Å². The molecule has 0 radical (unpaired) electrons. The Morgan fingerprint density at radius 3 is 2.28 bits per heavy atom. The quantitative estimate of drug-likeness (QED) is 0.225. The van der Waals surface area contributed by atoms with Crippen LogP contribution in [0.5, 0.6) is 0 Å². The van der Waals surface area contributed by atoms with Crippen LogP contribution >= 0.6 is 22.9 Å². The molecule has 39 heavy (non-hydrogen) atoms. The van der Waals surface area contributed by atoms with Crippen molar-refractivity contribution < 1.29 is 40.3 Å². The van der Waals surface area contributed by atoms with Crippen LogP contribution in [0.4, 0.5) is 36.4 Å². The van der Waals surface area contributed by atoms with Gasteiger partial charge in [0.15, 0.2) is 0 Å². The summed E-state index contributed by atoms with van der Waals surface area (Å²) in [6.45, 7) is 1.05. The molecular weight excluding hydrogens is 579 g/mol. The molecule has 3 heterocycles. The predicted molar refractivity (Wildman–Crippen MR) is 129 cm³/mol. The molecule has 0 fully saturated rings. The number of pyridine rings is 1. The number of hydrogen-bond donors (Lipinski definition) is 2. The fourth-order valence-electron chi connectivity index (χ4n) is 3.80. The second-order valence-electron chi connectivity index (χ2n) is 8.07. The zero-order valence-corrected chi connectivity index (χ0v) is 20.9. The molecular formula is C23H15ClF7N5O2S. The highest BCUT2D eigenvalue weighted by Gasteiger charge is 2.36. The normalized spacial score (nSPS) is 12.9. The van der Waals surface area contributed by atoms with Crippen molar-refractivity contribution in [3.05, 3.63) is 63.4 Å². The highest BCUT2D eigenvalue weighted by molar-refractivity contribution is 7.21. The number of aromatic nitrogens is 3. The van der Waals surface area contributed by atoms with Crippen molar-refractivity contribution in [1.29, 1.82) is 0 Å². The summed E-state index contributed by atoms with van der Waals surface area (Å²) in [5.74, 6) is -2.25. The first-order chi connectivity index (χ1) is 18.2. The van der Waals surface area contributed by atoms with Crippen LogP contribution in [0.1, 0.15) is 52.6 Å². The minimum absolute atomic E-state index is 0.0602. The smallest absolute Gasteiger partial charge is 0.365 e. The number of nitrogens with two attached hydrogens (primary N) is 1. The van der Waals surface area contributed by atoms with E-state index in [2.05, 4.69) is 15.4 Å². The molecule has 7 nitrogen and oxygen atoms in total. The zero-order chi connectivity index (χ0) is 28.8. The molecule has 1 aromatic carbocycles. The first-order valence-corrected chi connectivity index (χ1v) is 12.0. The highest BCUT2D eigenvalue weighted by atomic mass is 35.5. The van der Waals surface area contributed by atoms with Crippen LogP contribution < -0.4 is 11.1 Å². The van der Waals surface area contributed by atoms with Gasteiger partial charge in [-0.15, -0.1) is 11.3 Å². The van der Waals surface area contributed by atoms with Crippen molar-refractivity contribution in [2.24, 2.45) is 5.73 Å². The number of halogens is 8. The van der Waals surface area contributed by atoms with E-state index in [1.807, 2.05) is 0 Å². The predicted octanol–water partition coefficient (Wildman–Crippen LogP) is 7.01. The van der Waals surface area contributed by atoms with Gasteiger partial charge in [-0.3, -0.25) is 9.59 Å². The van der Waals surface area contributed by atoms with Crippen LogP contribution in [-0.4, -0.2) is 26.6 Å². The van der Waals surface area contributed by atoms with E-state index < -0.39 is 59.0 Å². The summed E-state index contributed by atoms with van der Waals surface area (Å²) in [7, 11) is 0. The van der Waals surface area contributed by atoms with E-state index >= 15 is 0 Å². The van der Waals surface area contributed by atoms with Crippen LogP contribution in [0.25, 0.3) is 21.3 Å². The second-order valence-corrected chi connectivity index (χ2v) is 9.44. The van der Waals surface area contributed by atoms with Crippen LogP contribution in [0.15, 0.2) is 36.4 Å². The lowest BCUT2D eigenvalue weighted by molar-refractivity contribution is -0.140. The SMILES string of the molecule is CC(C(=O)Nc1c(C(N)=O)sc2nc(C(F)(F)F)cc(-c3ccccc3)c12)n1nc(C(F)F)c(Cl)c1C(F)F. The minimum Gasteiger partial charge on any atom is -0.365 e. The lowest BCUT2D eigenvalue weighted by Crippen LogP contribution is -2.27. The third kappa shape index (κ3) is 5.28. The number of fused-ring (bicyclic) bond motifs is 1. The topological polar surface area (TPSA) is 103 Å². The average molecular weight is 594 g/mol. The van der Waals surface area contributed by atoms with Gasteiger partial charge >= 0.3 is 6.18 Å². The van der Waals surface area contributed by atoms with Crippen molar-refractivity contribution in [1.82, 2.24) is 14.8 Å². The van der Waals surface area contributed by atoms with E-state index in [-0.39, 0.29) is 31.9 Å². The number of thiophene rings is 1. The summed E-state index contributed by atoms with van der Waals surface area (Å²) in [5.41, 5.74) is 1.73. The van der Waals surface area contributed by atoms with Crippen molar-refractivity contribution in [3.8, 4) is 11.1 Å². The summed E-state index contributed by atoms with van der Waals surface area (Å²) in [5, 5.41) is 4.60. The molecule has 1 atom stereocenters. The molecule has 3 aromatic heterocycles. The Kier molecular flexibility index (Phi) is 7.58. The summed E-state index contributed by atoms with van der Waals surface area (Å²) < 4.78 is 95.0. The number of primary amides is 1. The van der Waals surface area contributed by atoms with Gasteiger partial charge in [-0.25, -0.2) is 27.2 Å². The van der Waals surface area contributed by atoms with E-state index in [9.17, 15) is 40.3 Å². The lowest BCUT2D eigenvalue weighted by Gasteiger charge is -2.17. The van der Waals surface area contributed by atoms with E-state index in [0.717, 1.165) is 13.0 Å². The van der Waals surface area contributed by atoms with Crippen molar-refractivity contribution in [2.45, 2.75) is 32.0 Å². The van der Waals surface area contributed by atoms with E-state index in [1.54, 1.807) is 18.2 Å². The molecule has 0 aliphatic carbocycles. The van der Waals surface area contributed by atoms with Crippen molar-refractivity contribution in [2.75, 3.05) is 5.32 Å². The minimum atomic E-state index is -4.86. The molecule has 2 amide bonds. The largest absolute Gasteiger partial charge is 0.433 e. The molecule has 0 saturated carbocycles. The molecule has 0 bridgehead atoms. The van der Waals surface area contributed by atoms with Crippen LogP contribution in [-0.2, 0) is 11.0 Å². The Balaban J connectivity index is 1.89. The fraction of sp³-hybridized carbons (Fsp3) is 0.217. The van der Waals surface area contributed by atoms with Gasteiger partial charge in [0, 0.05) is 5.39 Å². The van der Waals surface area contributed by atoms with Crippen molar-refractivity contribution >= 4 is 50.7 Å². The van der Waals surface area contributed by atoms with Gasteiger partial charge in [-0.05, 0) is 24.1 Å². The molecule has 4 rings (SSSR count). The Hall–Kier alpha value is -3.72. The summed E-state index contributed by atoms with van der Waals surface area (Å²) in [6, 6.07) is 6.72. The maximum absolute atomic E-state index is 13.6. The van der Waals surface area contributed by atoms with Gasteiger partial charge in [0.1, 0.15) is 32.8 Å². The monoisotopic (exact) mass is 593 g/mol. The van der Waals surface area contributed by atoms with E-state index in [1.165, 1.54) is 12.1 Å². The number of carbonyl (C=O) groups excluding carboxylic acids is 2. The summed E-state index contributed by atoms with van der Waals surface area (Å²) in [4.78, 5) is 28.3. The number of nitrogens with one attached hydrogen (secondary N) is 1. The molecule has 1 unspecified atom stereocenters. The molecule has 4 aromatic rings. The van der Waals surface area contributed by atoms with Crippen LogP contribution in [0.3, 0.4) is 0 Å². The molecule has 206 valence electrons. The third-order valence-electron chi connectivity index (χ3n) is 5.58.